The fourth-order valence-electron chi connectivity index (χ4n) is 3.06. The Kier molecular flexibility index (Phi) is 3.89. The van der Waals surface area contributed by atoms with Gasteiger partial charge in [0.1, 0.15) is 11.6 Å². The van der Waals surface area contributed by atoms with Crippen molar-refractivity contribution in [1.29, 1.82) is 0 Å². The van der Waals surface area contributed by atoms with Crippen LogP contribution in [-0.2, 0) is 6.42 Å². The molecule has 5 nitrogen and oxygen atoms in total. The highest BCUT2D eigenvalue weighted by atomic mass is 32.2. The number of hydrogen-bond donors (Lipinski definition) is 2. The number of anilines is 2. The van der Waals surface area contributed by atoms with Gasteiger partial charge in [0.15, 0.2) is 10.9 Å². The second kappa shape index (κ2) is 6.22. The van der Waals surface area contributed by atoms with Crippen LogP contribution in [0, 0.1) is 0 Å². The van der Waals surface area contributed by atoms with Crippen molar-refractivity contribution in [2.24, 2.45) is 0 Å². The Morgan fingerprint density at radius 3 is 2.48 bits per heavy atom. The number of benzene rings is 2. The van der Waals surface area contributed by atoms with Crippen LogP contribution < -0.4 is 11.5 Å². The van der Waals surface area contributed by atoms with Crippen LogP contribution in [0.15, 0.2) is 53.7 Å². The molecule has 1 aromatic heterocycles. The van der Waals surface area contributed by atoms with Crippen molar-refractivity contribution in [2.75, 3.05) is 17.2 Å². The summed E-state index contributed by atoms with van der Waals surface area (Å²) in [4.78, 5) is 20.7. The Hall–Kier alpha value is -2.86. The van der Waals surface area contributed by atoms with E-state index in [4.69, 9.17) is 11.5 Å². The monoisotopic (exact) mass is 348 g/mol. The topological polar surface area (TPSA) is 94.9 Å². The smallest absolute Gasteiger partial charge is 0.191 e. The molecule has 0 radical (unpaired) electrons. The number of aromatic nitrogens is 2. The van der Waals surface area contributed by atoms with E-state index >= 15 is 0 Å². The van der Waals surface area contributed by atoms with Gasteiger partial charge >= 0.3 is 0 Å². The average Bonchev–Trinajstić information content (AvgIpc) is 2.96. The summed E-state index contributed by atoms with van der Waals surface area (Å²) >= 11 is 1.24. The van der Waals surface area contributed by atoms with Crippen molar-refractivity contribution in [3.05, 3.63) is 65.2 Å². The Balaban J connectivity index is 1.51. The first kappa shape index (κ1) is 15.7. The van der Waals surface area contributed by atoms with Gasteiger partial charge in [-0.3, -0.25) is 4.79 Å². The van der Waals surface area contributed by atoms with Crippen LogP contribution in [-0.4, -0.2) is 21.5 Å². The first-order valence-corrected chi connectivity index (χ1v) is 8.86. The van der Waals surface area contributed by atoms with Crippen LogP contribution in [0.1, 0.15) is 21.5 Å². The van der Waals surface area contributed by atoms with Gasteiger partial charge in [0.05, 0.1) is 5.75 Å². The summed E-state index contributed by atoms with van der Waals surface area (Å²) < 4.78 is 0. The zero-order valence-corrected chi connectivity index (χ0v) is 14.2. The summed E-state index contributed by atoms with van der Waals surface area (Å²) in [5, 5.41) is 0.416. The third kappa shape index (κ3) is 3.08. The van der Waals surface area contributed by atoms with Gasteiger partial charge in [-0.1, -0.05) is 48.2 Å². The molecule has 25 heavy (non-hydrogen) atoms. The second-order valence-electron chi connectivity index (χ2n) is 5.92. The molecule has 0 unspecified atom stereocenters. The fraction of sp³-hybridized carbons (Fsp3) is 0.105. The Labute approximate surface area is 149 Å². The number of nitrogens with zero attached hydrogens (tertiary/aromatic N) is 2. The minimum Gasteiger partial charge on any atom is -0.383 e. The lowest BCUT2D eigenvalue weighted by Gasteiger charge is -2.05. The van der Waals surface area contributed by atoms with E-state index in [1.807, 2.05) is 30.3 Å². The molecule has 2 aromatic carbocycles. The molecule has 0 atom stereocenters. The predicted molar refractivity (Wildman–Crippen MR) is 101 cm³/mol. The average molecular weight is 348 g/mol. The minimum absolute atomic E-state index is 0.0355. The highest BCUT2D eigenvalue weighted by Gasteiger charge is 2.19. The SMILES string of the molecule is Nc1cc(N)nc(SCC(=O)c2ccc3c(c2)Cc2ccccc2-3)n1. The highest BCUT2D eigenvalue weighted by molar-refractivity contribution is 7.99. The van der Waals surface area contributed by atoms with Gasteiger partial charge in [-0.2, -0.15) is 0 Å². The number of carbonyl (C=O) groups is 1. The third-order valence-corrected chi connectivity index (χ3v) is 5.04. The van der Waals surface area contributed by atoms with Crippen LogP contribution in [0.25, 0.3) is 11.1 Å². The van der Waals surface area contributed by atoms with Crippen LogP contribution in [0.5, 0.6) is 0 Å². The third-order valence-electron chi connectivity index (χ3n) is 4.19. The predicted octanol–water partition coefficient (Wildman–Crippen LogP) is 3.19. The fourth-order valence-corrected chi connectivity index (χ4v) is 3.83. The van der Waals surface area contributed by atoms with Gasteiger partial charge in [-0.25, -0.2) is 9.97 Å². The van der Waals surface area contributed by atoms with Gasteiger partial charge in [0, 0.05) is 11.6 Å². The largest absolute Gasteiger partial charge is 0.383 e. The van der Waals surface area contributed by atoms with E-state index in [1.165, 1.54) is 40.1 Å². The maximum absolute atomic E-state index is 12.5. The quantitative estimate of drug-likeness (QED) is 0.334. The molecule has 1 aliphatic carbocycles. The lowest BCUT2D eigenvalue weighted by molar-refractivity contribution is 0.102. The number of nitrogens with two attached hydrogens (primary N) is 2. The molecule has 0 aliphatic heterocycles. The van der Waals surface area contributed by atoms with E-state index < -0.39 is 0 Å². The number of carbonyl (C=O) groups excluding carboxylic acids is 1. The summed E-state index contributed by atoms with van der Waals surface area (Å²) in [5.74, 6) is 0.887. The summed E-state index contributed by atoms with van der Waals surface area (Å²) in [6, 6.07) is 15.8. The normalized spacial score (nSPS) is 11.8. The second-order valence-corrected chi connectivity index (χ2v) is 6.86. The van der Waals surface area contributed by atoms with Crippen LogP contribution >= 0.6 is 11.8 Å². The van der Waals surface area contributed by atoms with Crippen molar-refractivity contribution in [3.63, 3.8) is 0 Å². The maximum atomic E-state index is 12.5. The summed E-state index contributed by atoms with van der Waals surface area (Å²) in [7, 11) is 0. The Morgan fingerprint density at radius 1 is 0.960 bits per heavy atom. The number of nitrogen functional groups attached to an aromatic ring is 2. The molecule has 3 aromatic rings. The number of hydrogen-bond acceptors (Lipinski definition) is 6. The van der Waals surface area contributed by atoms with Gasteiger partial charge < -0.3 is 11.5 Å². The molecule has 0 saturated heterocycles. The molecule has 0 amide bonds. The first-order valence-electron chi connectivity index (χ1n) is 7.87. The molecule has 4 N–H and O–H groups in total. The van der Waals surface area contributed by atoms with Gasteiger partial charge in [-0.15, -0.1) is 0 Å². The molecule has 0 bridgehead atoms. The standard InChI is InChI=1S/C19H16N4OS/c20-17-9-18(21)23-19(22-17)25-10-16(24)12-5-6-15-13(8-12)7-11-3-1-2-4-14(11)15/h1-6,8-9H,7,10H2,(H4,20,21,22,23). The number of ketones is 1. The summed E-state index contributed by atoms with van der Waals surface area (Å²) in [6.07, 6.45) is 0.870. The molecule has 0 fully saturated rings. The first-order chi connectivity index (χ1) is 12.1. The zero-order chi connectivity index (χ0) is 17.4. The molecule has 0 spiro atoms. The highest BCUT2D eigenvalue weighted by Crippen LogP contribution is 2.36. The number of rotatable bonds is 4. The molecular weight excluding hydrogens is 332 g/mol. The van der Waals surface area contributed by atoms with Gasteiger partial charge in [-0.05, 0) is 34.7 Å². The van der Waals surface area contributed by atoms with E-state index in [0.29, 0.717) is 22.4 Å². The molecule has 124 valence electrons. The molecule has 1 heterocycles. The Bertz CT molecular complexity index is 967. The van der Waals surface area contributed by atoms with Crippen molar-refractivity contribution in [3.8, 4) is 11.1 Å². The lowest BCUT2D eigenvalue weighted by Crippen LogP contribution is -2.05. The summed E-state index contributed by atoms with van der Waals surface area (Å²) in [5.41, 5.74) is 17.0. The molecule has 6 heteroatoms. The Morgan fingerprint density at radius 2 is 1.68 bits per heavy atom. The summed E-state index contributed by atoms with van der Waals surface area (Å²) in [6.45, 7) is 0. The number of Topliss-reactive ketones (excluding diaryl/α,β-unsaturated/α-hetero) is 1. The van der Waals surface area contributed by atoms with E-state index in [-0.39, 0.29) is 11.5 Å². The molecular formula is C19H16N4OS. The van der Waals surface area contributed by atoms with Gasteiger partial charge in [0.2, 0.25) is 0 Å². The number of fused-ring (bicyclic) bond motifs is 3. The van der Waals surface area contributed by atoms with Crippen molar-refractivity contribution < 1.29 is 4.79 Å². The minimum atomic E-state index is 0.0355. The number of thioether (sulfide) groups is 1. The van der Waals surface area contributed by atoms with Crippen LogP contribution in [0.3, 0.4) is 0 Å². The van der Waals surface area contributed by atoms with Crippen LogP contribution in [0.4, 0.5) is 11.6 Å². The van der Waals surface area contributed by atoms with Crippen LogP contribution in [0.2, 0.25) is 0 Å². The van der Waals surface area contributed by atoms with E-state index in [9.17, 15) is 4.79 Å². The lowest BCUT2D eigenvalue weighted by atomic mass is 10.0. The van der Waals surface area contributed by atoms with E-state index in [0.717, 1.165) is 6.42 Å². The van der Waals surface area contributed by atoms with Crippen molar-refractivity contribution >= 4 is 29.2 Å². The van der Waals surface area contributed by atoms with Crippen molar-refractivity contribution in [2.45, 2.75) is 11.6 Å². The zero-order valence-electron chi connectivity index (χ0n) is 13.4. The maximum Gasteiger partial charge on any atom is 0.191 e. The van der Waals surface area contributed by atoms with E-state index in [2.05, 4.69) is 22.1 Å². The van der Waals surface area contributed by atoms with Crippen molar-refractivity contribution in [1.82, 2.24) is 9.97 Å². The molecule has 1 aliphatic rings. The van der Waals surface area contributed by atoms with E-state index in [1.54, 1.807) is 0 Å². The van der Waals surface area contributed by atoms with Gasteiger partial charge in [0.25, 0.3) is 0 Å². The molecule has 4 rings (SSSR count). The molecule has 0 saturated carbocycles.